The average Bonchev–Trinajstić information content (AvgIpc) is 2.54. The predicted octanol–water partition coefficient (Wildman–Crippen LogP) is 3.12. The minimum Gasteiger partial charge on any atom is -0.392 e. The highest BCUT2D eigenvalue weighted by atomic mass is 19.1. The summed E-state index contributed by atoms with van der Waals surface area (Å²) < 4.78 is 13.7. The molecule has 0 unspecified atom stereocenters. The second-order valence-electron chi connectivity index (χ2n) is 4.84. The van der Waals surface area contributed by atoms with Crippen LogP contribution < -0.4 is 5.32 Å². The molecule has 0 fully saturated rings. The number of hydrogen-bond acceptors (Lipinski definition) is 3. The zero-order chi connectivity index (χ0) is 15.5. The van der Waals surface area contributed by atoms with Crippen LogP contribution in [0.15, 0.2) is 54.7 Å². The molecule has 0 saturated carbocycles. The third-order valence-corrected chi connectivity index (χ3v) is 3.28. The van der Waals surface area contributed by atoms with Gasteiger partial charge in [0, 0.05) is 17.3 Å². The summed E-state index contributed by atoms with van der Waals surface area (Å²) in [6.45, 7) is -0.117. The maximum absolute atomic E-state index is 13.7. The van der Waals surface area contributed by atoms with Gasteiger partial charge < -0.3 is 10.4 Å². The number of anilines is 1. The number of carbonyl (C=O) groups excluding carboxylic acids is 1. The first-order chi connectivity index (χ1) is 10.7. The second-order valence-corrected chi connectivity index (χ2v) is 4.84. The number of carbonyl (C=O) groups is 1. The molecule has 1 aromatic heterocycles. The van der Waals surface area contributed by atoms with Crippen LogP contribution in [0.5, 0.6) is 0 Å². The van der Waals surface area contributed by atoms with Crippen LogP contribution in [0.25, 0.3) is 10.9 Å². The number of halogens is 1. The number of hydrogen-bond donors (Lipinski definition) is 2. The molecule has 0 aliphatic heterocycles. The molecule has 3 rings (SSSR count). The molecule has 0 spiro atoms. The molecule has 5 heteroatoms. The molecule has 4 nitrogen and oxygen atoms in total. The molecule has 0 bridgehead atoms. The highest BCUT2D eigenvalue weighted by Crippen LogP contribution is 2.20. The fraction of sp³-hybridized carbons (Fsp3) is 0.0588. The van der Waals surface area contributed by atoms with Crippen molar-refractivity contribution in [3.63, 3.8) is 0 Å². The topological polar surface area (TPSA) is 62.2 Å². The Balaban J connectivity index is 1.98. The number of nitrogens with one attached hydrogen (secondary N) is 1. The highest BCUT2D eigenvalue weighted by molar-refractivity contribution is 6.11. The molecule has 110 valence electrons. The maximum atomic E-state index is 13.7. The minimum atomic E-state index is -0.491. The molecule has 2 aromatic carbocycles. The van der Waals surface area contributed by atoms with Crippen LogP contribution in [0, 0.1) is 5.82 Å². The van der Waals surface area contributed by atoms with Crippen molar-refractivity contribution >= 4 is 22.5 Å². The van der Waals surface area contributed by atoms with E-state index in [1.807, 2.05) is 0 Å². The van der Waals surface area contributed by atoms with Crippen molar-refractivity contribution in [1.29, 1.82) is 0 Å². The zero-order valence-electron chi connectivity index (χ0n) is 11.6. The Morgan fingerprint density at radius 2 is 2.05 bits per heavy atom. The van der Waals surface area contributed by atoms with Crippen LogP contribution in [-0.4, -0.2) is 16.0 Å². The maximum Gasteiger partial charge on any atom is 0.257 e. The van der Waals surface area contributed by atoms with Crippen molar-refractivity contribution < 1.29 is 14.3 Å². The van der Waals surface area contributed by atoms with Crippen molar-refractivity contribution in [2.45, 2.75) is 6.61 Å². The normalized spacial score (nSPS) is 10.6. The number of aliphatic hydroxyl groups excluding tert-OH is 1. The third-order valence-electron chi connectivity index (χ3n) is 3.28. The number of amides is 1. The Hall–Kier alpha value is -2.79. The fourth-order valence-corrected chi connectivity index (χ4v) is 2.27. The molecule has 0 radical (unpaired) electrons. The van der Waals surface area contributed by atoms with Gasteiger partial charge in [0.2, 0.25) is 0 Å². The molecule has 0 atom stereocenters. The first-order valence-electron chi connectivity index (χ1n) is 6.73. The molecule has 22 heavy (non-hydrogen) atoms. The lowest BCUT2D eigenvalue weighted by Gasteiger charge is -2.09. The number of rotatable bonds is 3. The second kappa shape index (κ2) is 5.91. The van der Waals surface area contributed by atoms with Gasteiger partial charge in [0.1, 0.15) is 5.82 Å². The van der Waals surface area contributed by atoms with Crippen molar-refractivity contribution in [2.24, 2.45) is 0 Å². The summed E-state index contributed by atoms with van der Waals surface area (Å²) in [6.07, 6.45) is 1.56. The molecule has 3 aromatic rings. The predicted molar refractivity (Wildman–Crippen MR) is 82.0 cm³/mol. The lowest BCUT2D eigenvalue weighted by atomic mass is 10.1. The van der Waals surface area contributed by atoms with E-state index in [-0.39, 0.29) is 12.2 Å². The Morgan fingerprint density at radius 1 is 1.18 bits per heavy atom. The van der Waals surface area contributed by atoms with E-state index in [4.69, 9.17) is 5.11 Å². The van der Waals surface area contributed by atoms with Gasteiger partial charge in [-0.1, -0.05) is 18.2 Å². The van der Waals surface area contributed by atoms with E-state index in [1.165, 1.54) is 12.1 Å². The number of benzene rings is 2. The number of aliphatic hydroxyl groups is 1. The van der Waals surface area contributed by atoms with Crippen LogP contribution in [0.4, 0.5) is 10.1 Å². The summed E-state index contributed by atoms with van der Waals surface area (Å²) in [5, 5.41) is 12.4. The van der Waals surface area contributed by atoms with Gasteiger partial charge in [-0.3, -0.25) is 9.78 Å². The minimum absolute atomic E-state index is 0.117. The van der Waals surface area contributed by atoms with Gasteiger partial charge in [0.25, 0.3) is 5.91 Å². The summed E-state index contributed by atoms with van der Waals surface area (Å²) in [5.41, 5.74) is 1.83. The van der Waals surface area contributed by atoms with E-state index in [9.17, 15) is 9.18 Å². The average molecular weight is 296 g/mol. The van der Waals surface area contributed by atoms with Gasteiger partial charge in [-0.2, -0.15) is 0 Å². The summed E-state index contributed by atoms with van der Waals surface area (Å²) in [5.74, 6) is -0.937. The summed E-state index contributed by atoms with van der Waals surface area (Å²) in [6, 6.07) is 12.7. The fourth-order valence-electron chi connectivity index (χ4n) is 2.27. The monoisotopic (exact) mass is 296 g/mol. The van der Waals surface area contributed by atoms with Crippen LogP contribution >= 0.6 is 0 Å². The summed E-state index contributed by atoms with van der Waals surface area (Å²) >= 11 is 0. The first-order valence-corrected chi connectivity index (χ1v) is 6.73. The van der Waals surface area contributed by atoms with Crippen LogP contribution in [0.2, 0.25) is 0 Å². The van der Waals surface area contributed by atoms with Crippen LogP contribution in [0.3, 0.4) is 0 Å². The third kappa shape index (κ3) is 2.80. The molecule has 0 aliphatic rings. The molecule has 1 amide bonds. The van der Waals surface area contributed by atoms with Crippen LogP contribution in [-0.2, 0) is 6.61 Å². The van der Waals surface area contributed by atoms with Gasteiger partial charge in [-0.15, -0.1) is 0 Å². The quantitative estimate of drug-likeness (QED) is 0.780. The van der Waals surface area contributed by atoms with E-state index < -0.39 is 11.7 Å². The number of aromatic nitrogens is 1. The lowest BCUT2D eigenvalue weighted by Crippen LogP contribution is -2.13. The Kier molecular flexibility index (Phi) is 3.80. The van der Waals surface area contributed by atoms with Crippen molar-refractivity contribution in [1.82, 2.24) is 4.98 Å². The van der Waals surface area contributed by atoms with Crippen molar-refractivity contribution in [3.8, 4) is 0 Å². The smallest absolute Gasteiger partial charge is 0.257 e. The Morgan fingerprint density at radius 3 is 2.86 bits per heavy atom. The van der Waals surface area contributed by atoms with E-state index >= 15 is 0 Å². The molecular weight excluding hydrogens is 283 g/mol. The zero-order valence-corrected chi connectivity index (χ0v) is 11.6. The lowest BCUT2D eigenvalue weighted by molar-refractivity contribution is 0.102. The molecule has 2 N–H and O–H groups in total. The standard InChI is InChI=1S/C17H13FN2O2/c18-13-8-12-4-2-6-19-16(12)15(9-13)17(22)20-14-5-1-3-11(7-14)10-21/h1-9,21H,10H2,(H,20,22). The van der Waals surface area contributed by atoms with Crippen LogP contribution in [0.1, 0.15) is 15.9 Å². The number of fused-ring (bicyclic) bond motifs is 1. The number of nitrogens with zero attached hydrogens (tertiary/aromatic N) is 1. The van der Waals surface area contributed by atoms with Crippen molar-refractivity contribution in [2.75, 3.05) is 5.32 Å². The Labute approximate surface area is 126 Å². The summed E-state index contributed by atoms with van der Waals surface area (Å²) in [4.78, 5) is 16.6. The highest BCUT2D eigenvalue weighted by Gasteiger charge is 2.13. The SMILES string of the molecule is O=C(Nc1cccc(CO)c1)c1cc(F)cc2cccnc12. The van der Waals surface area contributed by atoms with Gasteiger partial charge in [0.15, 0.2) is 0 Å². The van der Waals surface area contributed by atoms with Gasteiger partial charge in [0.05, 0.1) is 17.7 Å². The van der Waals surface area contributed by atoms with E-state index in [1.54, 1.807) is 42.6 Å². The molecule has 1 heterocycles. The van der Waals surface area contributed by atoms with Gasteiger partial charge in [-0.25, -0.2) is 4.39 Å². The van der Waals surface area contributed by atoms with E-state index in [0.717, 1.165) is 0 Å². The molecular formula is C17H13FN2O2. The van der Waals surface area contributed by atoms with E-state index in [0.29, 0.717) is 22.2 Å². The van der Waals surface area contributed by atoms with Crippen molar-refractivity contribution in [3.05, 3.63) is 71.7 Å². The number of pyridine rings is 1. The Bertz CT molecular complexity index is 849. The largest absolute Gasteiger partial charge is 0.392 e. The van der Waals surface area contributed by atoms with E-state index in [2.05, 4.69) is 10.3 Å². The van der Waals surface area contributed by atoms with Gasteiger partial charge >= 0.3 is 0 Å². The molecule has 0 saturated heterocycles. The first kappa shape index (κ1) is 14.2. The molecule has 0 aliphatic carbocycles. The van der Waals surface area contributed by atoms with Gasteiger partial charge in [-0.05, 0) is 35.9 Å². The summed E-state index contributed by atoms with van der Waals surface area (Å²) in [7, 11) is 0.